The third-order valence-corrected chi connectivity index (χ3v) is 4.81. The van der Waals surface area contributed by atoms with Crippen LogP contribution in [-0.4, -0.2) is 122 Å². The van der Waals surface area contributed by atoms with Gasteiger partial charge in [-0.2, -0.15) is 0 Å². The van der Waals surface area contributed by atoms with Crippen LogP contribution in [0.5, 0.6) is 5.75 Å². The number of hydrogen-bond acceptors (Lipinski definition) is 10. The van der Waals surface area contributed by atoms with E-state index < -0.39 is 5.60 Å². The van der Waals surface area contributed by atoms with Crippen molar-refractivity contribution in [2.75, 3.05) is 105 Å². The number of carbonyl (C=O) groups is 2. The summed E-state index contributed by atoms with van der Waals surface area (Å²) in [5.74, 6) is 0.604. The zero-order valence-electron chi connectivity index (χ0n) is 24.7. The number of anilines is 1. The van der Waals surface area contributed by atoms with Gasteiger partial charge in [0, 0.05) is 26.2 Å². The lowest BCUT2D eigenvalue weighted by atomic mass is 10.2. The van der Waals surface area contributed by atoms with Crippen molar-refractivity contribution in [2.24, 2.45) is 0 Å². The van der Waals surface area contributed by atoms with Crippen molar-refractivity contribution in [1.29, 1.82) is 0 Å². The first-order valence-corrected chi connectivity index (χ1v) is 13.6. The molecule has 0 bridgehead atoms. The maximum atomic E-state index is 11.8. The van der Waals surface area contributed by atoms with Gasteiger partial charge < -0.3 is 48.1 Å². The number of rotatable bonds is 23. The second-order valence-corrected chi connectivity index (χ2v) is 9.63. The molecule has 230 valence electrons. The Bertz CT molecular complexity index is 786. The molecule has 0 aliphatic rings. The predicted octanol–water partition coefficient (Wildman–Crippen LogP) is 2.99. The first kappa shape index (κ1) is 35.5. The van der Waals surface area contributed by atoms with E-state index in [2.05, 4.69) is 5.32 Å². The second-order valence-electron chi connectivity index (χ2n) is 9.63. The molecule has 0 aliphatic carbocycles. The second kappa shape index (κ2) is 22.2. The average molecular weight is 573 g/mol. The third-order valence-electron chi connectivity index (χ3n) is 4.81. The molecule has 0 saturated heterocycles. The Labute approximate surface area is 238 Å². The van der Waals surface area contributed by atoms with Crippen molar-refractivity contribution >= 4 is 17.7 Å². The number of nitrogens with zero attached hydrogens (tertiary/aromatic N) is 1. The van der Waals surface area contributed by atoms with Gasteiger partial charge in [-0.05, 0) is 45.0 Å². The average Bonchev–Trinajstić information content (AvgIpc) is 2.89. The third kappa shape index (κ3) is 21.4. The van der Waals surface area contributed by atoms with E-state index in [1.807, 2.05) is 20.8 Å². The summed E-state index contributed by atoms with van der Waals surface area (Å²) in [5, 5.41) is 2.70. The summed E-state index contributed by atoms with van der Waals surface area (Å²) < 4.78 is 43.6. The molecule has 2 amide bonds. The fourth-order valence-electron chi connectivity index (χ4n) is 2.89. The molecule has 1 aromatic carbocycles. The topological polar surface area (TPSA) is 123 Å². The molecule has 12 heteroatoms. The van der Waals surface area contributed by atoms with E-state index in [1.54, 1.807) is 31.3 Å². The normalized spacial score (nSPS) is 11.3. The lowest BCUT2D eigenvalue weighted by molar-refractivity contribution is -0.114. The standard InChI is InChI=1S/C28H48N2O10/c1-24(31)29-25-6-8-26(9-7-25)39-23-22-38-21-20-37-19-18-36-17-16-35-15-14-34-13-12-33-11-10-30(5)27(32)40-28(2,3)4/h6-9H,10-23H2,1-5H3,(H,29,31). The van der Waals surface area contributed by atoms with Crippen LogP contribution in [0.3, 0.4) is 0 Å². The van der Waals surface area contributed by atoms with Gasteiger partial charge in [-0.3, -0.25) is 4.79 Å². The molecule has 0 unspecified atom stereocenters. The summed E-state index contributed by atoms with van der Waals surface area (Å²) >= 11 is 0. The molecule has 0 saturated carbocycles. The van der Waals surface area contributed by atoms with Crippen molar-refractivity contribution in [1.82, 2.24) is 4.90 Å². The van der Waals surface area contributed by atoms with Crippen LogP contribution in [0.1, 0.15) is 27.7 Å². The van der Waals surface area contributed by atoms with E-state index in [0.717, 1.165) is 5.69 Å². The van der Waals surface area contributed by atoms with Crippen LogP contribution in [0.25, 0.3) is 0 Å². The fourth-order valence-corrected chi connectivity index (χ4v) is 2.89. The molecule has 0 fully saturated rings. The minimum atomic E-state index is -0.510. The van der Waals surface area contributed by atoms with Crippen molar-refractivity contribution in [3.8, 4) is 5.75 Å². The Hall–Kier alpha value is -2.48. The van der Waals surface area contributed by atoms with E-state index in [9.17, 15) is 9.59 Å². The molecule has 1 N–H and O–H groups in total. The van der Waals surface area contributed by atoms with E-state index in [4.69, 9.17) is 37.9 Å². The van der Waals surface area contributed by atoms with Crippen LogP contribution in [0.15, 0.2) is 24.3 Å². The fraction of sp³-hybridized carbons (Fsp3) is 0.714. The lowest BCUT2D eigenvalue weighted by Crippen LogP contribution is -2.36. The number of nitrogens with one attached hydrogen (secondary N) is 1. The molecule has 0 aliphatic heterocycles. The summed E-state index contributed by atoms with van der Waals surface area (Å²) in [6.07, 6.45) is -0.366. The van der Waals surface area contributed by atoms with Crippen molar-refractivity contribution < 1.29 is 47.5 Å². The van der Waals surface area contributed by atoms with Gasteiger partial charge in [-0.1, -0.05) is 0 Å². The number of ether oxygens (including phenoxy) is 8. The quantitative estimate of drug-likeness (QED) is 0.196. The van der Waals surface area contributed by atoms with Crippen LogP contribution in [-0.2, 0) is 38.0 Å². The highest BCUT2D eigenvalue weighted by molar-refractivity contribution is 5.88. The molecule has 1 rings (SSSR count). The maximum absolute atomic E-state index is 11.8. The van der Waals surface area contributed by atoms with E-state index in [-0.39, 0.29) is 12.0 Å². The molecule has 0 spiro atoms. The molecule has 12 nitrogen and oxygen atoms in total. The summed E-state index contributed by atoms with van der Waals surface area (Å²) in [4.78, 5) is 24.3. The highest BCUT2D eigenvalue weighted by Gasteiger charge is 2.19. The maximum Gasteiger partial charge on any atom is 0.410 e. The number of carbonyl (C=O) groups excluding carboxylic acids is 2. The first-order valence-electron chi connectivity index (χ1n) is 13.6. The molecule has 40 heavy (non-hydrogen) atoms. The molecular weight excluding hydrogens is 524 g/mol. The first-order chi connectivity index (χ1) is 19.2. The number of likely N-dealkylation sites (N-methyl/N-ethyl adjacent to an activating group) is 1. The minimum absolute atomic E-state index is 0.110. The Balaban J connectivity index is 1.77. The van der Waals surface area contributed by atoms with Gasteiger partial charge in [0.05, 0.1) is 79.3 Å². The number of hydrogen-bond donors (Lipinski definition) is 1. The summed E-state index contributed by atoms with van der Waals surface area (Å²) in [7, 11) is 1.68. The van der Waals surface area contributed by atoms with Crippen molar-refractivity contribution in [3.05, 3.63) is 24.3 Å². The molecule has 1 aromatic rings. The molecule has 0 atom stereocenters. The van der Waals surface area contributed by atoms with Crippen LogP contribution in [0.2, 0.25) is 0 Å². The molecular formula is C28H48N2O10. The molecule has 0 heterocycles. The van der Waals surface area contributed by atoms with E-state index in [0.29, 0.717) is 98.2 Å². The predicted molar refractivity (Wildman–Crippen MR) is 150 cm³/mol. The van der Waals surface area contributed by atoms with Crippen molar-refractivity contribution in [3.63, 3.8) is 0 Å². The smallest absolute Gasteiger partial charge is 0.410 e. The van der Waals surface area contributed by atoms with Crippen molar-refractivity contribution in [2.45, 2.75) is 33.3 Å². The Morgan fingerprint density at radius 2 is 1.07 bits per heavy atom. The molecule has 0 radical (unpaired) electrons. The van der Waals surface area contributed by atoms with Crippen LogP contribution in [0.4, 0.5) is 10.5 Å². The summed E-state index contributed by atoms with van der Waals surface area (Å²) in [5.41, 5.74) is 0.220. The van der Waals surface area contributed by atoms with Gasteiger partial charge in [0.15, 0.2) is 0 Å². The van der Waals surface area contributed by atoms with E-state index in [1.165, 1.54) is 11.8 Å². The number of benzene rings is 1. The minimum Gasteiger partial charge on any atom is -0.491 e. The summed E-state index contributed by atoms with van der Waals surface area (Å²) in [6, 6.07) is 7.16. The Kier molecular flexibility index (Phi) is 19.8. The summed E-state index contributed by atoms with van der Waals surface area (Å²) in [6.45, 7) is 13.4. The van der Waals surface area contributed by atoms with Gasteiger partial charge in [0.25, 0.3) is 0 Å². The lowest BCUT2D eigenvalue weighted by Gasteiger charge is -2.24. The zero-order valence-corrected chi connectivity index (χ0v) is 24.7. The van der Waals surface area contributed by atoms with Gasteiger partial charge >= 0.3 is 6.09 Å². The SMILES string of the molecule is CC(=O)Nc1ccc(OCCOCCOCCOCCOCCOCCOCCN(C)C(=O)OC(C)(C)C)cc1. The van der Waals surface area contributed by atoms with Crippen LogP contribution in [0, 0.1) is 0 Å². The van der Waals surface area contributed by atoms with E-state index >= 15 is 0 Å². The number of amides is 2. The monoisotopic (exact) mass is 572 g/mol. The van der Waals surface area contributed by atoms with Gasteiger partial charge in [-0.15, -0.1) is 0 Å². The van der Waals surface area contributed by atoms with Gasteiger partial charge in [0.1, 0.15) is 18.0 Å². The largest absolute Gasteiger partial charge is 0.491 e. The highest BCUT2D eigenvalue weighted by atomic mass is 16.6. The Morgan fingerprint density at radius 3 is 1.48 bits per heavy atom. The molecule has 0 aromatic heterocycles. The highest BCUT2D eigenvalue weighted by Crippen LogP contribution is 2.15. The zero-order chi connectivity index (χ0) is 29.5. The van der Waals surface area contributed by atoms with Gasteiger partial charge in [-0.25, -0.2) is 4.79 Å². The Morgan fingerprint density at radius 1 is 0.675 bits per heavy atom. The van der Waals surface area contributed by atoms with Crippen LogP contribution < -0.4 is 10.1 Å². The van der Waals surface area contributed by atoms with Gasteiger partial charge in [0.2, 0.25) is 5.91 Å². The van der Waals surface area contributed by atoms with Crippen LogP contribution >= 0.6 is 0 Å².